The molecule has 0 fully saturated rings. The number of benzene rings is 1. The van der Waals surface area contributed by atoms with E-state index in [-0.39, 0.29) is 6.10 Å². The Morgan fingerprint density at radius 3 is 2.75 bits per heavy atom. The van der Waals surface area contributed by atoms with Crippen molar-refractivity contribution in [2.45, 2.75) is 33.4 Å². The summed E-state index contributed by atoms with van der Waals surface area (Å²) in [6, 6.07) is 12.1. The van der Waals surface area contributed by atoms with Gasteiger partial charge in [0.15, 0.2) is 5.96 Å². The fourth-order valence-corrected chi connectivity index (χ4v) is 2.29. The second kappa shape index (κ2) is 8.91. The molecule has 1 atom stereocenters. The molecule has 5 nitrogen and oxygen atoms in total. The molecule has 5 heteroatoms. The fourth-order valence-electron chi connectivity index (χ4n) is 2.29. The molecule has 1 aromatic heterocycles. The van der Waals surface area contributed by atoms with E-state index in [0.29, 0.717) is 13.1 Å². The van der Waals surface area contributed by atoms with Crippen molar-refractivity contribution in [3.05, 3.63) is 59.4 Å². The molecule has 1 heterocycles. The minimum absolute atomic E-state index is 0.0296. The third-order valence-electron chi connectivity index (χ3n) is 3.65. The molecular weight excluding hydrogens is 300 g/mol. The smallest absolute Gasteiger partial charge is 0.191 e. The summed E-state index contributed by atoms with van der Waals surface area (Å²) >= 11 is 0. The summed E-state index contributed by atoms with van der Waals surface area (Å²) < 4.78 is 5.91. The Morgan fingerprint density at radius 1 is 1.21 bits per heavy atom. The number of ether oxygens (including phenoxy) is 1. The van der Waals surface area contributed by atoms with Gasteiger partial charge in [0.2, 0.25) is 0 Å². The zero-order valence-electron chi connectivity index (χ0n) is 14.8. The van der Waals surface area contributed by atoms with E-state index in [1.165, 1.54) is 5.56 Å². The average molecular weight is 326 g/mol. The lowest BCUT2D eigenvalue weighted by Gasteiger charge is -2.18. The van der Waals surface area contributed by atoms with Gasteiger partial charge in [-0.3, -0.25) is 9.98 Å². The molecule has 2 N–H and O–H groups in total. The predicted molar refractivity (Wildman–Crippen MR) is 98.4 cm³/mol. The molecule has 0 aliphatic rings. The molecule has 0 aliphatic carbocycles. The number of nitrogens with one attached hydrogen (secondary N) is 2. The number of rotatable bonds is 6. The molecule has 0 saturated heterocycles. The van der Waals surface area contributed by atoms with Crippen LogP contribution in [-0.4, -0.2) is 30.6 Å². The van der Waals surface area contributed by atoms with E-state index in [9.17, 15) is 0 Å². The second-order valence-corrected chi connectivity index (χ2v) is 5.82. The highest BCUT2D eigenvalue weighted by atomic mass is 16.5. The van der Waals surface area contributed by atoms with Crippen LogP contribution in [0.3, 0.4) is 0 Å². The summed E-state index contributed by atoms with van der Waals surface area (Å²) in [6.45, 7) is 7.44. The number of guanidine groups is 1. The summed E-state index contributed by atoms with van der Waals surface area (Å²) in [5.74, 6) is 1.62. The largest absolute Gasteiger partial charge is 0.489 e. The number of hydrogen-bond donors (Lipinski definition) is 2. The normalized spacial score (nSPS) is 12.6. The van der Waals surface area contributed by atoms with Gasteiger partial charge in [-0.05, 0) is 50.1 Å². The van der Waals surface area contributed by atoms with Gasteiger partial charge in [0.25, 0.3) is 0 Å². The minimum Gasteiger partial charge on any atom is -0.489 e. The lowest BCUT2D eigenvalue weighted by molar-refractivity contribution is 0.223. The molecule has 0 radical (unpaired) electrons. The van der Waals surface area contributed by atoms with Crippen molar-refractivity contribution in [2.24, 2.45) is 4.99 Å². The van der Waals surface area contributed by atoms with Crippen molar-refractivity contribution < 1.29 is 4.74 Å². The molecule has 128 valence electrons. The highest BCUT2D eigenvalue weighted by Gasteiger charge is 2.06. The van der Waals surface area contributed by atoms with E-state index in [1.807, 2.05) is 31.2 Å². The van der Waals surface area contributed by atoms with E-state index in [2.05, 4.69) is 46.6 Å². The highest BCUT2D eigenvalue weighted by molar-refractivity contribution is 5.79. The summed E-state index contributed by atoms with van der Waals surface area (Å²) in [5.41, 5.74) is 3.37. The van der Waals surface area contributed by atoms with Gasteiger partial charge in [0.1, 0.15) is 11.9 Å². The van der Waals surface area contributed by atoms with Gasteiger partial charge < -0.3 is 15.4 Å². The van der Waals surface area contributed by atoms with Crippen molar-refractivity contribution in [3.8, 4) is 5.75 Å². The van der Waals surface area contributed by atoms with E-state index in [4.69, 9.17) is 4.74 Å². The van der Waals surface area contributed by atoms with Crippen LogP contribution in [0.25, 0.3) is 0 Å². The van der Waals surface area contributed by atoms with Gasteiger partial charge in [-0.2, -0.15) is 0 Å². The van der Waals surface area contributed by atoms with Crippen molar-refractivity contribution in [1.29, 1.82) is 0 Å². The Hall–Kier alpha value is -2.56. The summed E-state index contributed by atoms with van der Waals surface area (Å²) in [4.78, 5) is 8.61. The van der Waals surface area contributed by atoms with Gasteiger partial charge >= 0.3 is 0 Å². The molecule has 0 aliphatic heterocycles. The monoisotopic (exact) mass is 326 g/mol. The molecule has 0 amide bonds. The number of nitrogens with zero attached hydrogens (tertiary/aromatic N) is 2. The minimum atomic E-state index is 0.0296. The first kappa shape index (κ1) is 17.8. The molecular formula is C19H26N4O. The summed E-state index contributed by atoms with van der Waals surface area (Å²) in [5, 5.41) is 6.56. The van der Waals surface area contributed by atoms with E-state index < -0.39 is 0 Å². The van der Waals surface area contributed by atoms with Crippen molar-refractivity contribution >= 4 is 5.96 Å². The van der Waals surface area contributed by atoms with Crippen LogP contribution >= 0.6 is 0 Å². The average Bonchev–Trinajstić information content (AvgIpc) is 2.56. The Morgan fingerprint density at radius 2 is 2.04 bits per heavy atom. The zero-order chi connectivity index (χ0) is 17.4. The third-order valence-corrected chi connectivity index (χ3v) is 3.65. The predicted octanol–water partition coefficient (Wildman–Crippen LogP) is 2.83. The Balaban J connectivity index is 1.79. The first-order valence-electron chi connectivity index (χ1n) is 8.17. The number of pyridine rings is 1. The first-order chi connectivity index (χ1) is 11.6. The van der Waals surface area contributed by atoms with Crippen LogP contribution in [0.5, 0.6) is 5.75 Å². The zero-order valence-corrected chi connectivity index (χ0v) is 14.8. The van der Waals surface area contributed by atoms with Crippen LogP contribution in [0.15, 0.2) is 47.6 Å². The number of aliphatic imine (C=N–C) groups is 1. The van der Waals surface area contributed by atoms with Gasteiger partial charge in [-0.25, -0.2) is 0 Å². The fraction of sp³-hybridized carbons (Fsp3) is 0.368. The number of aryl methyl sites for hydroxylation is 2. The van der Waals surface area contributed by atoms with Crippen molar-refractivity contribution in [2.75, 3.05) is 13.6 Å². The third kappa shape index (κ3) is 5.57. The van der Waals surface area contributed by atoms with E-state index >= 15 is 0 Å². The van der Waals surface area contributed by atoms with Gasteiger partial charge in [0, 0.05) is 13.2 Å². The second-order valence-electron chi connectivity index (χ2n) is 5.82. The van der Waals surface area contributed by atoms with Crippen LogP contribution in [0.1, 0.15) is 23.7 Å². The molecule has 2 aromatic rings. The topological polar surface area (TPSA) is 58.5 Å². The standard InChI is InChI=1S/C19H26N4O/c1-14-7-5-9-17(11-14)24-16(3)12-22-19(20-4)23-13-18-15(2)8-6-10-21-18/h5-11,16H,12-13H2,1-4H3,(H2,20,22,23). The molecule has 0 bridgehead atoms. The molecule has 1 unspecified atom stereocenters. The van der Waals surface area contributed by atoms with Crippen molar-refractivity contribution in [1.82, 2.24) is 15.6 Å². The van der Waals surface area contributed by atoms with Crippen molar-refractivity contribution in [3.63, 3.8) is 0 Å². The summed E-state index contributed by atoms with van der Waals surface area (Å²) in [6.07, 6.45) is 1.83. The van der Waals surface area contributed by atoms with Gasteiger partial charge in [0.05, 0.1) is 18.8 Å². The quantitative estimate of drug-likeness (QED) is 0.633. The van der Waals surface area contributed by atoms with E-state index in [0.717, 1.165) is 23.0 Å². The maximum atomic E-state index is 5.91. The summed E-state index contributed by atoms with van der Waals surface area (Å²) in [7, 11) is 1.76. The Kier molecular flexibility index (Phi) is 6.61. The van der Waals surface area contributed by atoms with Crippen LogP contribution in [0.2, 0.25) is 0 Å². The first-order valence-corrected chi connectivity index (χ1v) is 8.17. The number of hydrogen-bond acceptors (Lipinski definition) is 3. The van der Waals surface area contributed by atoms with Gasteiger partial charge in [-0.15, -0.1) is 0 Å². The lowest BCUT2D eigenvalue weighted by atomic mass is 10.2. The molecule has 24 heavy (non-hydrogen) atoms. The van der Waals surface area contributed by atoms with Crippen LogP contribution < -0.4 is 15.4 Å². The maximum absolute atomic E-state index is 5.91. The molecule has 2 rings (SSSR count). The van der Waals surface area contributed by atoms with Crippen LogP contribution in [0.4, 0.5) is 0 Å². The highest BCUT2D eigenvalue weighted by Crippen LogP contribution is 2.13. The van der Waals surface area contributed by atoms with Gasteiger partial charge in [-0.1, -0.05) is 18.2 Å². The molecule has 0 spiro atoms. The number of aromatic nitrogens is 1. The van der Waals surface area contributed by atoms with E-state index in [1.54, 1.807) is 13.2 Å². The maximum Gasteiger partial charge on any atom is 0.191 e. The molecule has 0 saturated carbocycles. The van der Waals surface area contributed by atoms with Crippen LogP contribution in [-0.2, 0) is 6.54 Å². The Labute approximate surface area is 144 Å². The Bertz CT molecular complexity index is 685. The lowest BCUT2D eigenvalue weighted by Crippen LogP contribution is -2.41. The van der Waals surface area contributed by atoms with Crippen LogP contribution in [0, 0.1) is 13.8 Å². The SMILES string of the molecule is CN=C(NCc1ncccc1C)NCC(C)Oc1cccc(C)c1. The molecule has 1 aromatic carbocycles.